The largest absolute Gasteiger partial charge is 0.497 e. The molecule has 0 saturated carbocycles. The van der Waals surface area contributed by atoms with E-state index in [-0.39, 0.29) is 40.8 Å². The highest BCUT2D eigenvalue weighted by molar-refractivity contribution is 7.89. The van der Waals surface area contributed by atoms with Gasteiger partial charge in [0, 0.05) is 18.7 Å². The van der Waals surface area contributed by atoms with Crippen LogP contribution in [0.3, 0.4) is 0 Å². The van der Waals surface area contributed by atoms with Gasteiger partial charge in [0.2, 0.25) is 10.0 Å². The van der Waals surface area contributed by atoms with Crippen LogP contribution in [0.25, 0.3) is 10.2 Å². The molecule has 32 heavy (non-hydrogen) atoms. The maximum atomic E-state index is 13.2. The smallest absolute Gasteiger partial charge is 0.257 e. The van der Waals surface area contributed by atoms with Crippen LogP contribution in [-0.2, 0) is 14.8 Å². The quantitative estimate of drug-likeness (QED) is 0.574. The Hall–Kier alpha value is -2.24. The normalized spacial score (nSPS) is 19.8. The SMILES string of the molecule is COc1ccc2nc(NC(=O)c3ccc(Cl)c(S(=O)(=O)N4CC(C)OC(C)C4)c3)sc2c1. The molecule has 1 aliphatic rings. The summed E-state index contributed by atoms with van der Waals surface area (Å²) in [5.41, 5.74) is 0.889. The number of ether oxygens (including phenoxy) is 2. The van der Waals surface area contributed by atoms with Crippen molar-refractivity contribution in [2.24, 2.45) is 0 Å². The average molecular weight is 496 g/mol. The fourth-order valence-electron chi connectivity index (χ4n) is 3.56. The monoisotopic (exact) mass is 495 g/mol. The second-order valence-corrected chi connectivity index (χ2v) is 10.9. The maximum absolute atomic E-state index is 13.2. The zero-order valence-corrected chi connectivity index (χ0v) is 20.1. The first-order valence-electron chi connectivity index (χ1n) is 9.88. The van der Waals surface area contributed by atoms with Crippen LogP contribution in [0.15, 0.2) is 41.3 Å². The van der Waals surface area contributed by atoms with E-state index >= 15 is 0 Å². The van der Waals surface area contributed by atoms with E-state index in [0.717, 1.165) is 10.2 Å². The van der Waals surface area contributed by atoms with Crippen LogP contribution in [-0.4, -0.2) is 56.0 Å². The van der Waals surface area contributed by atoms with Gasteiger partial charge in [0.05, 0.1) is 34.6 Å². The lowest BCUT2D eigenvalue weighted by atomic mass is 10.2. The van der Waals surface area contributed by atoms with Crippen LogP contribution < -0.4 is 10.1 Å². The van der Waals surface area contributed by atoms with Crippen molar-refractivity contribution in [2.45, 2.75) is 31.0 Å². The molecule has 0 radical (unpaired) electrons. The molecule has 1 N–H and O–H groups in total. The fourth-order valence-corrected chi connectivity index (χ4v) is 6.54. The summed E-state index contributed by atoms with van der Waals surface area (Å²) < 4.78 is 39.5. The number of methoxy groups -OCH3 is 1. The van der Waals surface area contributed by atoms with Gasteiger partial charge in [-0.3, -0.25) is 10.1 Å². The number of aromatic nitrogens is 1. The first-order chi connectivity index (χ1) is 15.2. The summed E-state index contributed by atoms with van der Waals surface area (Å²) in [7, 11) is -2.32. The predicted octanol–water partition coefficient (Wildman–Crippen LogP) is 4.01. The third-order valence-corrected chi connectivity index (χ3v) is 8.26. The molecule has 2 atom stereocenters. The number of nitrogens with one attached hydrogen (secondary N) is 1. The molecule has 11 heteroatoms. The topological polar surface area (TPSA) is 97.8 Å². The summed E-state index contributed by atoms with van der Waals surface area (Å²) in [6.45, 7) is 4.07. The molecule has 0 bridgehead atoms. The highest BCUT2D eigenvalue weighted by Gasteiger charge is 2.34. The molecule has 1 aromatic heterocycles. The van der Waals surface area contributed by atoms with E-state index in [1.54, 1.807) is 19.2 Å². The van der Waals surface area contributed by atoms with Crippen LogP contribution >= 0.6 is 22.9 Å². The summed E-state index contributed by atoms with van der Waals surface area (Å²) in [4.78, 5) is 17.1. The highest BCUT2D eigenvalue weighted by Crippen LogP contribution is 2.31. The van der Waals surface area contributed by atoms with Gasteiger partial charge in [-0.05, 0) is 50.2 Å². The average Bonchev–Trinajstić information content (AvgIpc) is 3.14. The van der Waals surface area contributed by atoms with E-state index in [1.165, 1.54) is 33.8 Å². The Kier molecular flexibility index (Phi) is 6.42. The minimum absolute atomic E-state index is 0.0560. The summed E-state index contributed by atoms with van der Waals surface area (Å²) in [5, 5.41) is 3.19. The van der Waals surface area contributed by atoms with Gasteiger partial charge in [0.25, 0.3) is 5.91 Å². The van der Waals surface area contributed by atoms with Gasteiger partial charge >= 0.3 is 0 Å². The standard InChI is InChI=1S/C21H22ClN3O5S2/c1-12-10-25(11-13(2)30-12)32(27,28)19-8-14(4-6-16(19)22)20(26)24-21-23-17-7-5-15(29-3)9-18(17)31-21/h4-9,12-13H,10-11H2,1-3H3,(H,23,24,26). The predicted molar refractivity (Wildman–Crippen MR) is 124 cm³/mol. The molecule has 2 unspecified atom stereocenters. The number of rotatable bonds is 5. The van der Waals surface area contributed by atoms with E-state index < -0.39 is 15.9 Å². The Bertz CT molecular complexity index is 1270. The highest BCUT2D eigenvalue weighted by atomic mass is 35.5. The van der Waals surface area contributed by atoms with Crippen LogP contribution in [0, 0.1) is 0 Å². The summed E-state index contributed by atoms with van der Waals surface area (Å²) in [6.07, 6.45) is -0.479. The van der Waals surface area contributed by atoms with Gasteiger partial charge in [-0.2, -0.15) is 4.31 Å². The Morgan fingerprint density at radius 2 is 1.94 bits per heavy atom. The number of sulfonamides is 1. The summed E-state index contributed by atoms with van der Waals surface area (Å²) >= 11 is 7.53. The molecule has 1 saturated heterocycles. The maximum Gasteiger partial charge on any atom is 0.257 e. The van der Waals surface area contributed by atoms with E-state index in [4.69, 9.17) is 21.1 Å². The zero-order chi connectivity index (χ0) is 23.0. The number of halogens is 1. The molecule has 0 aliphatic carbocycles. The van der Waals surface area contributed by atoms with Gasteiger partial charge in [-0.1, -0.05) is 22.9 Å². The number of carbonyl (C=O) groups excluding carboxylic acids is 1. The van der Waals surface area contributed by atoms with Crippen molar-refractivity contribution in [1.29, 1.82) is 0 Å². The number of hydrogen-bond acceptors (Lipinski definition) is 7. The van der Waals surface area contributed by atoms with E-state index in [1.807, 2.05) is 19.9 Å². The van der Waals surface area contributed by atoms with Gasteiger partial charge < -0.3 is 9.47 Å². The fraction of sp³-hybridized carbons (Fsp3) is 0.333. The van der Waals surface area contributed by atoms with E-state index in [2.05, 4.69) is 10.3 Å². The van der Waals surface area contributed by atoms with Crippen molar-refractivity contribution < 1.29 is 22.7 Å². The number of morpholine rings is 1. The molecule has 2 aromatic carbocycles. The lowest BCUT2D eigenvalue weighted by Gasteiger charge is -2.34. The number of carbonyl (C=O) groups is 1. The minimum atomic E-state index is -3.90. The van der Waals surface area contributed by atoms with E-state index in [9.17, 15) is 13.2 Å². The van der Waals surface area contributed by atoms with E-state index in [0.29, 0.717) is 10.9 Å². The zero-order valence-electron chi connectivity index (χ0n) is 17.7. The number of nitrogens with zero attached hydrogens (tertiary/aromatic N) is 2. The molecular weight excluding hydrogens is 474 g/mol. The molecule has 1 fully saturated rings. The Labute approximate surface area is 195 Å². The lowest BCUT2D eigenvalue weighted by molar-refractivity contribution is -0.0440. The molecule has 170 valence electrons. The van der Waals surface area contributed by atoms with Gasteiger partial charge in [0.15, 0.2) is 5.13 Å². The third-order valence-electron chi connectivity index (χ3n) is 5.01. The molecular formula is C21H22ClN3O5S2. The number of anilines is 1. The number of hydrogen-bond donors (Lipinski definition) is 1. The van der Waals surface area contributed by atoms with Gasteiger partial charge in [-0.15, -0.1) is 0 Å². The van der Waals surface area contributed by atoms with Crippen molar-refractivity contribution >= 4 is 54.2 Å². The van der Waals surface area contributed by atoms with Gasteiger partial charge in [-0.25, -0.2) is 13.4 Å². The Morgan fingerprint density at radius 3 is 2.62 bits per heavy atom. The van der Waals surface area contributed by atoms with Crippen LogP contribution in [0.4, 0.5) is 5.13 Å². The number of benzene rings is 2. The van der Waals surface area contributed by atoms with Crippen molar-refractivity contribution in [3.05, 3.63) is 47.0 Å². The first kappa shape index (κ1) is 22.9. The molecule has 0 spiro atoms. The molecule has 4 rings (SSSR count). The van der Waals surface area contributed by atoms with Crippen molar-refractivity contribution in [3.63, 3.8) is 0 Å². The second-order valence-electron chi connectivity index (χ2n) is 7.53. The molecule has 8 nitrogen and oxygen atoms in total. The summed E-state index contributed by atoms with van der Waals surface area (Å²) in [5.74, 6) is 0.214. The van der Waals surface area contributed by atoms with Crippen molar-refractivity contribution in [1.82, 2.24) is 9.29 Å². The minimum Gasteiger partial charge on any atom is -0.497 e. The molecule has 1 aliphatic heterocycles. The Morgan fingerprint density at radius 1 is 1.22 bits per heavy atom. The van der Waals surface area contributed by atoms with Gasteiger partial charge in [0.1, 0.15) is 10.6 Å². The van der Waals surface area contributed by atoms with Crippen LogP contribution in [0.5, 0.6) is 5.75 Å². The van der Waals surface area contributed by atoms with Crippen molar-refractivity contribution in [3.8, 4) is 5.75 Å². The summed E-state index contributed by atoms with van der Waals surface area (Å²) in [6, 6.07) is 9.63. The third kappa shape index (κ3) is 4.60. The first-order valence-corrected chi connectivity index (χ1v) is 12.5. The lowest BCUT2D eigenvalue weighted by Crippen LogP contribution is -2.48. The number of fused-ring (bicyclic) bond motifs is 1. The van der Waals surface area contributed by atoms with Crippen LogP contribution in [0.1, 0.15) is 24.2 Å². The molecule has 1 amide bonds. The van der Waals surface area contributed by atoms with Crippen molar-refractivity contribution in [2.75, 3.05) is 25.5 Å². The van der Waals surface area contributed by atoms with Crippen LogP contribution in [0.2, 0.25) is 5.02 Å². The Balaban J connectivity index is 1.60. The second kappa shape index (κ2) is 8.95. The molecule has 3 aromatic rings. The molecule has 2 heterocycles. The number of amides is 1. The number of thiazole rings is 1.